The molecular formula is C21H17N3O. The molecule has 0 radical (unpaired) electrons. The van der Waals surface area contributed by atoms with Gasteiger partial charge in [-0.2, -0.15) is 0 Å². The van der Waals surface area contributed by atoms with Crippen molar-refractivity contribution in [3.8, 4) is 11.8 Å². The van der Waals surface area contributed by atoms with Gasteiger partial charge in [0.1, 0.15) is 5.76 Å². The molecule has 0 fully saturated rings. The van der Waals surface area contributed by atoms with Gasteiger partial charge < -0.3 is 9.30 Å². The Morgan fingerprint density at radius 2 is 2.00 bits per heavy atom. The van der Waals surface area contributed by atoms with Crippen molar-refractivity contribution < 1.29 is 4.74 Å². The molecule has 0 amide bonds. The Hall–Kier alpha value is -3.50. The van der Waals surface area contributed by atoms with E-state index in [9.17, 15) is 0 Å². The van der Waals surface area contributed by atoms with Crippen LogP contribution in [0.5, 0.6) is 0 Å². The highest BCUT2D eigenvalue weighted by Gasteiger charge is 2.17. The first-order valence-corrected chi connectivity index (χ1v) is 8.00. The van der Waals surface area contributed by atoms with E-state index in [1.807, 2.05) is 66.4 Å². The Morgan fingerprint density at radius 3 is 2.64 bits per heavy atom. The summed E-state index contributed by atoms with van der Waals surface area (Å²) in [6.45, 7) is 9.03. The highest BCUT2D eigenvalue weighted by molar-refractivity contribution is 5.55. The summed E-state index contributed by atoms with van der Waals surface area (Å²) in [5, 5.41) is 9.05. The summed E-state index contributed by atoms with van der Waals surface area (Å²) in [5.74, 6) is 0.666. The number of ether oxygens (including phenoxy) is 1. The third-order valence-electron chi connectivity index (χ3n) is 3.92. The van der Waals surface area contributed by atoms with Crippen molar-refractivity contribution in [2.45, 2.75) is 19.4 Å². The number of aromatic nitrogens is 1. The average molecular weight is 327 g/mol. The highest BCUT2D eigenvalue weighted by Crippen LogP contribution is 2.25. The van der Waals surface area contributed by atoms with E-state index in [0.717, 1.165) is 16.8 Å². The van der Waals surface area contributed by atoms with E-state index >= 15 is 0 Å². The fraction of sp³-hybridized carbons (Fsp3) is 0.143. The van der Waals surface area contributed by atoms with Gasteiger partial charge >= 0.3 is 0 Å². The third-order valence-corrected chi connectivity index (χ3v) is 3.92. The van der Waals surface area contributed by atoms with Crippen LogP contribution < -0.4 is 0 Å². The maximum Gasteiger partial charge on any atom is 0.265 e. The van der Waals surface area contributed by atoms with Crippen LogP contribution in [0.4, 0.5) is 0 Å². The third kappa shape index (κ3) is 3.88. The van der Waals surface area contributed by atoms with Crippen LogP contribution in [0.15, 0.2) is 78.0 Å². The molecule has 0 aliphatic carbocycles. The summed E-state index contributed by atoms with van der Waals surface area (Å²) >= 11 is 0. The minimum absolute atomic E-state index is 0.0548. The van der Waals surface area contributed by atoms with E-state index in [-0.39, 0.29) is 11.8 Å². The van der Waals surface area contributed by atoms with Gasteiger partial charge in [0.2, 0.25) is 0 Å². The van der Waals surface area contributed by atoms with Gasteiger partial charge in [0.25, 0.3) is 5.70 Å². The lowest BCUT2D eigenvalue weighted by molar-refractivity contribution is 0.133. The standard InChI is InChI=1S/C21H17N3O/c1-16-13-18(21(15-22)23-2)14-20(25-16)10-7-17-5-8-19(9-6-17)24-11-3-4-12-24/h3-12,14,16H,13H2,1H3/b10-7+,21-18-. The van der Waals surface area contributed by atoms with Gasteiger partial charge in [-0.15, -0.1) is 0 Å². The summed E-state index contributed by atoms with van der Waals surface area (Å²) in [7, 11) is 0. The van der Waals surface area contributed by atoms with Gasteiger partial charge in [-0.25, -0.2) is 10.1 Å². The molecule has 122 valence electrons. The van der Waals surface area contributed by atoms with Gasteiger partial charge in [0.15, 0.2) is 0 Å². The molecule has 0 bridgehead atoms. The molecule has 0 saturated carbocycles. The lowest BCUT2D eigenvalue weighted by Crippen LogP contribution is -2.13. The zero-order valence-corrected chi connectivity index (χ0v) is 13.9. The van der Waals surface area contributed by atoms with Gasteiger partial charge in [-0.1, -0.05) is 18.2 Å². The van der Waals surface area contributed by atoms with Crippen molar-refractivity contribution in [3.05, 3.63) is 95.0 Å². The molecule has 1 aliphatic heterocycles. The van der Waals surface area contributed by atoms with E-state index in [1.54, 1.807) is 6.08 Å². The van der Waals surface area contributed by atoms with Crippen molar-refractivity contribution in [2.75, 3.05) is 0 Å². The number of nitrogens with zero attached hydrogens (tertiary/aromatic N) is 3. The smallest absolute Gasteiger partial charge is 0.265 e. The van der Waals surface area contributed by atoms with Gasteiger partial charge in [0, 0.05) is 24.5 Å². The van der Waals surface area contributed by atoms with E-state index in [4.69, 9.17) is 16.6 Å². The molecule has 1 aliphatic rings. The fourth-order valence-corrected chi connectivity index (χ4v) is 2.71. The van der Waals surface area contributed by atoms with E-state index in [0.29, 0.717) is 12.2 Å². The Balaban J connectivity index is 1.80. The Kier molecular flexibility index (Phi) is 4.83. The van der Waals surface area contributed by atoms with Crippen LogP contribution >= 0.6 is 0 Å². The van der Waals surface area contributed by atoms with Crippen LogP contribution in [-0.4, -0.2) is 10.7 Å². The van der Waals surface area contributed by atoms with Crippen molar-refractivity contribution in [3.63, 3.8) is 0 Å². The maximum atomic E-state index is 9.05. The summed E-state index contributed by atoms with van der Waals surface area (Å²) < 4.78 is 7.83. The summed E-state index contributed by atoms with van der Waals surface area (Å²) in [4.78, 5) is 3.29. The van der Waals surface area contributed by atoms with Crippen LogP contribution in [0.1, 0.15) is 18.9 Å². The lowest BCUT2D eigenvalue weighted by atomic mass is 10.0. The molecule has 2 aromatic rings. The summed E-state index contributed by atoms with van der Waals surface area (Å²) in [6, 6.07) is 14.1. The summed E-state index contributed by atoms with van der Waals surface area (Å²) in [6.07, 6.45) is 10.1. The van der Waals surface area contributed by atoms with Crippen LogP contribution in [0.3, 0.4) is 0 Å². The van der Waals surface area contributed by atoms with E-state index in [2.05, 4.69) is 17.0 Å². The van der Waals surface area contributed by atoms with Gasteiger partial charge in [-0.05, 0) is 54.5 Å². The molecule has 25 heavy (non-hydrogen) atoms. The number of allylic oxidation sites excluding steroid dienone is 3. The van der Waals surface area contributed by atoms with Crippen molar-refractivity contribution in [1.82, 2.24) is 4.57 Å². The van der Waals surface area contributed by atoms with Crippen LogP contribution in [0.2, 0.25) is 0 Å². The molecule has 3 rings (SSSR count). The average Bonchev–Trinajstić information content (AvgIpc) is 3.16. The quantitative estimate of drug-likeness (QED) is 0.595. The number of rotatable bonds is 3. The Morgan fingerprint density at radius 1 is 1.28 bits per heavy atom. The predicted molar refractivity (Wildman–Crippen MR) is 97.3 cm³/mol. The molecule has 1 unspecified atom stereocenters. The second-order valence-electron chi connectivity index (χ2n) is 5.79. The van der Waals surface area contributed by atoms with E-state index in [1.165, 1.54) is 0 Å². The minimum atomic E-state index is -0.0548. The first-order valence-electron chi connectivity index (χ1n) is 8.00. The second kappa shape index (κ2) is 7.38. The summed E-state index contributed by atoms with van der Waals surface area (Å²) in [5.41, 5.74) is 3.02. The molecule has 1 aromatic carbocycles. The normalized spacial score (nSPS) is 18.8. The molecule has 2 heterocycles. The fourth-order valence-electron chi connectivity index (χ4n) is 2.71. The molecule has 4 nitrogen and oxygen atoms in total. The van der Waals surface area contributed by atoms with Crippen molar-refractivity contribution >= 4 is 6.08 Å². The molecule has 4 heteroatoms. The monoisotopic (exact) mass is 327 g/mol. The molecule has 1 atom stereocenters. The maximum absolute atomic E-state index is 9.05. The molecule has 0 N–H and O–H groups in total. The molecule has 0 spiro atoms. The molecular weight excluding hydrogens is 310 g/mol. The van der Waals surface area contributed by atoms with Crippen molar-refractivity contribution in [1.29, 1.82) is 5.26 Å². The first kappa shape index (κ1) is 16.4. The Bertz CT molecular complexity index is 901. The zero-order valence-electron chi connectivity index (χ0n) is 13.9. The SMILES string of the molecule is [C-]#[N+]/C(C#N)=C1C=C(/C=C/c2ccc(-n3cccc3)cc2)OC(C)C\1. The second-order valence-corrected chi connectivity index (χ2v) is 5.79. The van der Waals surface area contributed by atoms with Crippen LogP contribution in [-0.2, 0) is 4.74 Å². The van der Waals surface area contributed by atoms with Crippen LogP contribution in [0, 0.1) is 17.9 Å². The number of hydrogen-bond acceptors (Lipinski definition) is 2. The van der Waals surface area contributed by atoms with Crippen molar-refractivity contribution in [2.24, 2.45) is 0 Å². The number of nitriles is 1. The largest absolute Gasteiger partial charge is 0.490 e. The van der Waals surface area contributed by atoms with Gasteiger partial charge in [-0.3, -0.25) is 0 Å². The minimum Gasteiger partial charge on any atom is -0.490 e. The van der Waals surface area contributed by atoms with E-state index < -0.39 is 0 Å². The molecule has 1 aromatic heterocycles. The predicted octanol–water partition coefficient (Wildman–Crippen LogP) is 4.88. The van der Waals surface area contributed by atoms with Crippen LogP contribution in [0.25, 0.3) is 16.6 Å². The molecule has 0 saturated heterocycles. The highest BCUT2D eigenvalue weighted by atomic mass is 16.5. The van der Waals surface area contributed by atoms with Gasteiger partial charge in [0.05, 0.1) is 18.7 Å². The zero-order chi connectivity index (χ0) is 17.6. The lowest BCUT2D eigenvalue weighted by Gasteiger charge is -2.22. The Labute approximate surface area is 147 Å². The number of benzene rings is 1. The number of hydrogen-bond donors (Lipinski definition) is 0. The first-order chi connectivity index (χ1) is 12.2. The topological polar surface area (TPSA) is 42.3 Å².